The van der Waals surface area contributed by atoms with E-state index in [0.717, 1.165) is 37.5 Å². The van der Waals surface area contributed by atoms with Gasteiger partial charge in [-0.05, 0) is 44.0 Å². The van der Waals surface area contributed by atoms with E-state index in [-0.39, 0.29) is 5.60 Å². The summed E-state index contributed by atoms with van der Waals surface area (Å²) in [6, 6.07) is 7.34. The van der Waals surface area contributed by atoms with Crippen LogP contribution in [0.1, 0.15) is 25.7 Å². The molecule has 0 amide bonds. The first-order valence-corrected chi connectivity index (χ1v) is 9.13. The van der Waals surface area contributed by atoms with E-state index < -0.39 is 0 Å². The number of nitrogens with one attached hydrogen (secondary N) is 2. The number of hydrogen-bond donors (Lipinski definition) is 2. The van der Waals surface area contributed by atoms with Gasteiger partial charge in [-0.1, -0.05) is 16.8 Å². The summed E-state index contributed by atoms with van der Waals surface area (Å²) < 4.78 is 11.1. The highest BCUT2D eigenvalue weighted by atomic mass is 35.5. The Morgan fingerprint density at radius 1 is 1.31 bits per heavy atom. The first-order chi connectivity index (χ1) is 12.6. The zero-order valence-electron chi connectivity index (χ0n) is 15.1. The standard InChI is InChI=1S/C18H24ClN5O2/c1-18(9-3-11-25-18)12-22-17(20-2)21-10-8-15-23-16(24-26-15)13-4-6-14(19)7-5-13/h4-7H,3,8-12H2,1-2H3,(H2,20,21,22). The summed E-state index contributed by atoms with van der Waals surface area (Å²) in [7, 11) is 1.75. The molecular formula is C18H24ClN5O2. The Kier molecular flexibility index (Phi) is 6.11. The van der Waals surface area contributed by atoms with Gasteiger partial charge in [-0.25, -0.2) is 0 Å². The number of halogens is 1. The number of rotatable bonds is 6. The van der Waals surface area contributed by atoms with Crippen LogP contribution in [0.4, 0.5) is 0 Å². The largest absolute Gasteiger partial charge is 0.373 e. The lowest BCUT2D eigenvalue weighted by molar-refractivity contribution is 0.0243. The van der Waals surface area contributed by atoms with Gasteiger partial charge in [0, 0.05) is 43.8 Å². The van der Waals surface area contributed by atoms with Crippen LogP contribution in [0, 0.1) is 0 Å². The number of benzene rings is 1. The van der Waals surface area contributed by atoms with Crippen molar-refractivity contribution >= 4 is 17.6 Å². The fourth-order valence-corrected chi connectivity index (χ4v) is 2.95. The summed E-state index contributed by atoms with van der Waals surface area (Å²) >= 11 is 5.89. The Labute approximate surface area is 158 Å². The molecule has 1 aliphatic heterocycles. The van der Waals surface area contributed by atoms with E-state index >= 15 is 0 Å². The number of guanidine groups is 1. The van der Waals surface area contributed by atoms with Gasteiger partial charge in [-0.15, -0.1) is 0 Å². The van der Waals surface area contributed by atoms with Gasteiger partial charge < -0.3 is 19.9 Å². The number of ether oxygens (including phenoxy) is 1. The molecule has 1 atom stereocenters. The lowest BCUT2D eigenvalue weighted by Crippen LogP contribution is -2.45. The Morgan fingerprint density at radius 2 is 2.12 bits per heavy atom. The van der Waals surface area contributed by atoms with Crippen molar-refractivity contribution in [1.29, 1.82) is 0 Å². The molecule has 2 heterocycles. The predicted molar refractivity (Wildman–Crippen MR) is 101 cm³/mol. The Bertz CT molecular complexity index is 738. The second kappa shape index (κ2) is 8.51. The zero-order chi connectivity index (χ0) is 18.4. The van der Waals surface area contributed by atoms with E-state index in [1.54, 1.807) is 19.2 Å². The highest BCUT2D eigenvalue weighted by Crippen LogP contribution is 2.23. The molecule has 8 heteroatoms. The molecule has 0 radical (unpaired) electrons. The third kappa shape index (κ3) is 4.95. The lowest BCUT2D eigenvalue weighted by Gasteiger charge is -2.24. The normalized spacial score (nSPS) is 20.3. The molecule has 1 saturated heterocycles. The molecule has 0 spiro atoms. The summed E-state index contributed by atoms with van der Waals surface area (Å²) in [5.41, 5.74) is 0.761. The van der Waals surface area contributed by atoms with Crippen LogP contribution in [0.3, 0.4) is 0 Å². The molecule has 1 fully saturated rings. The van der Waals surface area contributed by atoms with Crippen molar-refractivity contribution in [3.8, 4) is 11.4 Å². The van der Waals surface area contributed by atoms with Crippen molar-refractivity contribution in [3.05, 3.63) is 35.2 Å². The SMILES string of the molecule is CN=C(NCCc1nc(-c2ccc(Cl)cc2)no1)NCC1(C)CCCO1. The van der Waals surface area contributed by atoms with Crippen LogP contribution in [-0.2, 0) is 11.2 Å². The second-order valence-corrected chi connectivity index (χ2v) is 6.96. The summed E-state index contributed by atoms with van der Waals surface area (Å²) in [5.74, 6) is 1.87. The average molecular weight is 378 g/mol. The van der Waals surface area contributed by atoms with Crippen molar-refractivity contribution in [2.75, 3.05) is 26.7 Å². The Morgan fingerprint density at radius 3 is 2.81 bits per heavy atom. The smallest absolute Gasteiger partial charge is 0.228 e. The molecule has 1 unspecified atom stereocenters. The van der Waals surface area contributed by atoms with Crippen LogP contribution in [0.2, 0.25) is 5.02 Å². The van der Waals surface area contributed by atoms with Crippen molar-refractivity contribution in [2.45, 2.75) is 31.8 Å². The quantitative estimate of drug-likeness (QED) is 0.594. The van der Waals surface area contributed by atoms with Gasteiger partial charge in [-0.2, -0.15) is 4.98 Å². The van der Waals surface area contributed by atoms with Gasteiger partial charge in [0.15, 0.2) is 5.96 Å². The van der Waals surface area contributed by atoms with Gasteiger partial charge >= 0.3 is 0 Å². The molecule has 1 aliphatic rings. The van der Waals surface area contributed by atoms with Crippen molar-refractivity contribution in [2.24, 2.45) is 4.99 Å². The molecule has 7 nitrogen and oxygen atoms in total. The monoisotopic (exact) mass is 377 g/mol. The van der Waals surface area contributed by atoms with E-state index in [1.807, 2.05) is 12.1 Å². The first kappa shape index (κ1) is 18.7. The summed E-state index contributed by atoms with van der Waals surface area (Å²) in [6.45, 7) is 4.32. The van der Waals surface area contributed by atoms with Crippen molar-refractivity contribution in [1.82, 2.24) is 20.8 Å². The molecule has 1 aromatic carbocycles. The highest BCUT2D eigenvalue weighted by Gasteiger charge is 2.29. The fraction of sp³-hybridized carbons (Fsp3) is 0.500. The summed E-state index contributed by atoms with van der Waals surface area (Å²) in [5, 5.41) is 11.3. The number of nitrogens with zero attached hydrogens (tertiary/aromatic N) is 3. The molecular weight excluding hydrogens is 354 g/mol. The first-order valence-electron chi connectivity index (χ1n) is 8.75. The summed E-state index contributed by atoms with van der Waals surface area (Å²) in [6.07, 6.45) is 2.78. The minimum atomic E-state index is -0.114. The average Bonchev–Trinajstić information content (AvgIpc) is 3.28. The van der Waals surface area contributed by atoms with Crippen LogP contribution < -0.4 is 10.6 Å². The molecule has 0 aliphatic carbocycles. The molecule has 2 N–H and O–H groups in total. The highest BCUT2D eigenvalue weighted by molar-refractivity contribution is 6.30. The maximum atomic E-state index is 5.89. The molecule has 0 saturated carbocycles. The number of aliphatic imine (C=N–C) groups is 1. The molecule has 2 aromatic rings. The second-order valence-electron chi connectivity index (χ2n) is 6.52. The Balaban J connectivity index is 1.46. The zero-order valence-corrected chi connectivity index (χ0v) is 15.8. The maximum Gasteiger partial charge on any atom is 0.228 e. The molecule has 140 valence electrons. The molecule has 1 aromatic heterocycles. The van der Waals surface area contributed by atoms with Crippen LogP contribution in [0.5, 0.6) is 0 Å². The number of hydrogen-bond acceptors (Lipinski definition) is 5. The molecule has 3 rings (SSSR count). The van der Waals surface area contributed by atoms with Gasteiger partial charge in [0.05, 0.1) is 5.60 Å². The molecule has 0 bridgehead atoms. The van der Waals surface area contributed by atoms with Crippen LogP contribution >= 0.6 is 11.6 Å². The van der Waals surface area contributed by atoms with E-state index in [4.69, 9.17) is 20.9 Å². The van der Waals surface area contributed by atoms with E-state index in [9.17, 15) is 0 Å². The third-order valence-electron chi connectivity index (χ3n) is 4.36. The Hall–Kier alpha value is -2.12. The maximum absolute atomic E-state index is 5.89. The van der Waals surface area contributed by atoms with Gasteiger partial charge in [0.25, 0.3) is 0 Å². The third-order valence-corrected chi connectivity index (χ3v) is 4.61. The topological polar surface area (TPSA) is 84.6 Å². The van der Waals surface area contributed by atoms with Crippen molar-refractivity contribution in [3.63, 3.8) is 0 Å². The van der Waals surface area contributed by atoms with Gasteiger partial charge in [-0.3, -0.25) is 4.99 Å². The van der Waals surface area contributed by atoms with Crippen LogP contribution in [0.15, 0.2) is 33.8 Å². The number of aromatic nitrogens is 2. The summed E-state index contributed by atoms with van der Waals surface area (Å²) in [4.78, 5) is 8.64. The lowest BCUT2D eigenvalue weighted by atomic mass is 10.0. The van der Waals surface area contributed by atoms with E-state index in [1.165, 1.54) is 0 Å². The molecule has 26 heavy (non-hydrogen) atoms. The predicted octanol–water partition coefficient (Wildman–Crippen LogP) is 2.67. The van der Waals surface area contributed by atoms with Gasteiger partial charge in [0.2, 0.25) is 11.7 Å². The minimum Gasteiger partial charge on any atom is -0.373 e. The van der Waals surface area contributed by atoms with E-state index in [0.29, 0.717) is 29.7 Å². The van der Waals surface area contributed by atoms with Crippen LogP contribution in [-0.4, -0.2) is 48.4 Å². The van der Waals surface area contributed by atoms with Crippen LogP contribution in [0.25, 0.3) is 11.4 Å². The van der Waals surface area contributed by atoms with Crippen molar-refractivity contribution < 1.29 is 9.26 Å². The van der Waals surface area contributed by atoms with Gasteiger partial charge in [0.1, 0.15) is 0 Å². The van der Waals surface area contributed by atoms with E-state index in [2.05, 4.69) is 32.7 Å². The fourth-order valence-electron chi connectivity index (χ4n) is 2.83. The minimum absolute atomic E-state index is 0.114.